The number of hydrogen-bond acceptors (Lipinski definition) is 2. The molecule has 1 unspecified atom stereocenters. The SMILES string of the molecule is c1ccc2c(c1)CCC2Nc1ccc2c(C3CCNCC3)c[nH]c2c1. The third-order valence-corrected chi connectivity index (χ3v) is 5.97. The van der Waals surface area contributed by atoms with Gasteiger partial charge in [-0.3, -0.25) is 0 Å². The summed E-state index contributed by atoms with van der Waals surface area (Å²) in [7, 11) is 0. The Kier molecular flexibility index (Phi) is 3.75. The molecule has 1 atom stereocenters. The summed E-state index contributed by atoms with van der Waals surface area (Å²) >= 11 is 0. The molecule has 0 bridgehead atoms. The number of fused-ring (bicyclic) bond motifs is 2. The number of benzene rings is 2. The molecule has 3 N–H and O–H groups in total. The number of piperidine rings is 1. The Labute approximate surface area is 148 Å². The Hall–Kier alpha value is -2.26. The molecule has 1 aromatic heterocycles. The topological polar surface area (TPSA) is 39.8 Å². The van der Waals surface area contributed by atoms with Crippen LogP contribution in [-0.4, -0.2) is 18.1 Å². The Balaban J connectivity index is 1.40. The molecule has 1 aliphatic carbocycles. The molecule has 0 saturated carbocycles. The van der Waals surface area contributed by atoms with Crippen LogP contribution in [0.15, 0.2) is 48.7 Å². The highest BCUT2D eigenvalue weighted by atomic mass is 14.9. The Morgan fingerprint density at radius 2 is 1.80 bits per heavy atom. The first-order chi connectivity index (χ1) is 12.4. The van der Waals surface area contributed by atoms with Gasteiger partial charge in [0, 0.05) is 22.8 Å². The van der Waals surface area contributed by atoms with E-state index in [-0.39, 0.29) is 0 Å². The van der Waals surface area contributed by atoms with E-state index in [0.29, 0.717) is 12.0 Å². The zero-order valence-electron chi connectivity index (χ0n) is 14.5. The average Bonchev–Trinajstić information content (AvgIpc) is 3.27. The second kappa shape index (κ2) is 6.23. The number of nitrogens with one attached hydrogen (secondary N) is 3. The third kappa shape index (κ3) is 2.73. The van der Waals surface area contributed by atoms with E-state index < -0.39 is 0 Å². The van der Waals surface area contributed by atoms with Gasteiger partial charge >= 0.3 is 0 Å². The van der Waals surface area contributed by atoms with Crippen LogP contribution in [0.2, 0.25) is 0 Å². The summed E-state index contributed by atoms with van der Waals surface area (Å²) in [6, 6.07) is 16.1. The first-order valence-electron chi connectivity index (χ1n) is 9.54. The minimum atomic E-state index is 0.438. The predicted octanol–water partition coefficient (Wildman–Crippen LogP) is 4.73. The number of H-pyrrole nitrogens is 1. The van der Waals surface area contributed by atoms with Crippen molar-refractivity contribution in [2.45, 2.75) is 37.6 Å². The van der Waals surface area contributed by atoms with Crippen LogP contribution in [0.1, 0.15) is 47.9 Å². The Morgan fingerprint density at radius 1 is 0.920 bits per heavy atom. The van der Waals surface area contributed by atoms with Gasteiger partial charge in [-0.1, -0.05) is 30.3 Å². The van der Waals surface area contributed by atoms with E-state index in [0.717, 1.165) is 13.1 Å². The first-order valence-corrected chi connectivity index (χ1v) is 9.54. The lowest BCUT2D eigenvalue weighted by Gasteiger charge is -2.22. The van der Waals surface area contributed by atoms with Gasteiger partial charge in [0.2, 0.25) is 0 Å². The Morgan fingerprint density at radius 3 is 2.72 bits per heavy atom. The number of anilines is 1. The summed E-state index contributed by atoms with van der Waals surface area (Å²) in [6.45, 7) is 2.27. The summed E-state index contributed by atoms with van der Waals surface area (Å²) in [4.78, 5) is 3.51. The molecule has 5 rings (SSSR count). The van der Waals surface area contributed by atoms with E-state index in [9.17, 15) is 0 Å². The maximum atomic E-state index is 3.75. The second-order valence-electron chi connectivity index (χ2n) is 7.46. The minimum Gasteiger partial charge on any atom is -0.378 e. The molecule has 1 saturated heterocycles. The van der Waals surface area contributed by atoms with Crippen LogP contribution in [0.4, 0.5) is 5.69 Å². The lowest BCUT2D eigenvalue weighted by molar-refractivity contribution is 0.462. The standard InChI is InChI=1S/C22H25N3/c1-2-4-18-15(3-1)5-8-21(18)25-17-6-7-19-20(14-24-22(19)13-17)16-9-11-23-12-10-16/h1-4,6-7,13-14,16,21,23-25H,5,8-12H2. The Bertz CT molecular complexity index is 889. The van der Waals surface area contributed by atoms with Gasteiger partial charge in [0.1, 0.15) is 0 Å². The van der Waals surface area contributed by atoms with E-state index >= 15 is 0 Å². The highest BCUT2D eigenvalue weighted by Gasteiger charge is 2.22. The molecule has 2 aliphatic rings. The number of aromatic nitrogens is 1. The number of hydrogen-bond donors (Lipinski definition) is 3. The van der Waals surface area contributed by atoms with Crippen molar-refractivity contribution < 1.29 is 0 Å². The van der Waals surface area contributed by atoms with Crippen molar-refractivity contribution in [2.75, 3.05) is 18.4 Å². The lowest BCUT2D eigenvalue weighted by atomic mass is 9.90. The highest BCUT2D eigenvalue weighted by molar-refractivity contribution is 5.86. The quantitative estimate of drug-likeness (QED) is 0.649. The third-order valence-electron chi connectivity index (χ3n) is 5.97. The molecule has 1 fully saturated rings. The molecule has 2 heterocycles. The van der Waals surface area contributed by atoms with Crippen molar-refractivity contribution in [3.63, 3.8) is 0 Å². The smallest absolute Gasteiger partial charge is 0.0519 e. The van der Waals surface area contributed by atoms with Crippen molar-refractivity contribution in [3.05, 3.63) is 65.4 Å². The van der Waals surface area contributed by atoms with Gasteiger partial charge in [-0.05, 0) is 73.5 Å². The predicted molar refractivity (Wildman–Crippen MR) is 104 cm³/mol. The van der Waals surface area contributed by atoms with Gasteiger partial charge < -0.3 is 15.6 Å². The normalized spacial score (nSPS) is 20.7. The number of rotatable bonds is 3. The molecular formula is C22H25N3. The zero-order chi connectivity index (χ0) is 16.6. The van der Waals surface area contributed by atoms with Gasteiger partial charge in [-0.25, -0.2) is 0 Å². The van der Waals surface area contributed by atoms with E-state index in [1.165, 1.54) is 59.0 Å². The molecule has 1 aliphatic heterocycles. The molecule has 0 spiro atoms. The van der Waals surface area contributed by atoms with Gasteiger partial charge in [0.05, 0.1) is 6.04 Å². The summed E-state index contributed by atoms with van der Waals surface area (Å²) < 4.78 is 0. The van der Waals surface area contributed by atoms with Gasteiger partial charge in [0.25, 0.3) is 0 Å². The zero-order valence-corrected chi connectivity index (χ0v) is 14.5. The molecule has 3 aromatic rings. The minimum absolute atomic E-state index is 0.438. The number of aromatic amines is 1. The first kappa shape index (κ1) is 15.0. The van der Waals surface area contributed by atoms with Crippen molar-refractivity contribution in [1.82, 2.24) is 10.3 Å². The molecule has 25 heavy (non-hydrogen) atoms. The van der Waals surface area contributed by atoms with Gasteiger partial charge in [-0.15, -0.1) is 0 Å². The lowest BCUT2D eigenvalue weighted by Crippen LogP contribution is -2.26. The van der Waals surface area contributed by atoms with Gasteiger partial charge in [-0.2, -0.15) is 0 Å². The van der Waals surface area contributed by atoms with Gasteiger partial charge in [0.15, 0.2) is 0 Å². The average molecular weight is 331 g/mol. The highest BCUT2D eigenvalue weighted by Crippen LogP contribution is 2.36. The van der Waals surface area contributed by atoms with Crippen LogP contribution < -0.4 is 10.6 Å². The summed E-state index contributed by atoms with van der Waals surface area (Å²) in [5, 5.41) is 8.60. The molecule has 128 valence electrons. The van der Waals surface area contributed by atoms with Crippen LogP contribution in [-0.2, 0) is 6.42 Å². The number of aryl methyl sites for hydroxylation is 1. The maximum Gasteiger partial charge on any atom is 0.0519 e. The molecular weight excluding hydrogens is 306 g/mol. The fourth-order valence-corrected chi connectivity index (χ4v) is 4.62. The van der Waals surface area contributed by atoms with Crippen molar-refractivity contribution in [3.8, 4) is 0 Å². The summed E-state index contributed by atoms with van der Waals surface area (Å²) in [5.41, 5.74) is 6.92. The van der Waals surface area contributed by atoms with Crippen LogP contribution in [0.25, 0.3) is 10.9 Å². The molecule has 0 radical (unpaired) electrons. The molecule has 3 nitrogen and oxygen atoms in total. The summed E-state index contributed by atoms with van der Waals surface area (Å²) in [6.07, 6.45) is 7.08. The van der Waals surface area contributed by atoms with Crippen LogP contribution in [0.5, 0.6) is 0 Å². The summed E-state index contributed by atoms with van der Waals surface area (Å²) in [5.74, 6) is 0.690. The van der Waals surface area contributed by atoms with E-state index in [1.807, 2.05) is 0 Å². The molecule has 2 aromatic carbocycles. The van der Waals surface area contributed by atoms with Crippen molar-refractivity contribution >= 4 is 16.6 Å². The van der Waals surface area contributed by atoms with Crippen molar-refractivity contribution in [1.29, 1.82) is 0 Å². The van der Waals surface area contributed by atoms with E-state index in [4.69, 9.17) is 0 Å². The fourth-order valence-electron chi connectivity index (χ4n) is 4.62. The van der Waals surface area contributed by atoms with Crippen LogP contribution in [0.3, 0.4) is 0 Å². The second-order valence-corrected chi connectivity index (χ2v) is 7.46. The largest absolute Gasteiger partial charge is 0.378 e. The van der Waals surface area contributed by atoms with Crippen LogP contribution >= 0.6 is 0 Å². The van der Waals surface area contributed by atoms with Crippen LogP contribution in [0, 0.1) is 0 Å². The van der Waals surface area contributed by atoms with Crippen molar-refractivity contribution in [2.24, 2.45) is 0 Å². The molecule has 3 heteroatoms. The maximum absolute atomic E-state index is 3.75. The monoisotopic (exact) mass is 331 g/mol. The van der Waals surface area contributed by atoms with E-state index in [1.54, 1.807) is 0 Å². The van der Waals surface area contributed by atoms with E-state index in [2.05, 4.69) is 64.3 Å². The molecule has 0 amide bonds. The fraction of sp³-hybridized carbons (Fsp3) is 0.364.